The molecule has 1 unspecified atom stereocenters. The largest absolute Gasteiger partial charge is 0.342 e. The molecule has 2 amide bonds. The number of hydrogen-bond acceptors (Lipinski definition) is 3. The van der Waals surface area contributed by atoms with Crippen molar-refractivity contribution in [3.8, 4) is 0 Å². The van der Waals surface area contributed by atoms with E-state index in [-0.39, 0.29) is 11.3 Å². The Bertz CT molecular complexity index is 1140. The number of hydrogen-bond donors (Lipinski definition) is 0. The lowest BCUT2D eigenvalue weighted by Crippen LogP contribution is -2.57. The van der Waals surface area contributed by atoms with E-state index in [0.717, 1.165) is 88.9 Å². The zero-order valence-corrected chi connectivity index (χ0v) is 24.7. The van der Waals surface area contributed by atoms with Gasteiger partial charge in [-0.25, -0.2) is 0 Å². The van der Waals surface area contributed by atoms with E-state index >= 15 is 0 Å². The molecule has 1 atom stereocenters. The first-order valence-electron chi connectivity index (χ1n) is 14.1. The van der Waals surface area contributed by atoms with Crippen molar-refractivity contribution in [1.82, 2.24) is 14.7 Å². The molecule has 2 aromatic rings. The van der Waals surface area contributed by atoms with Crippen LogP contribution in [-0.2, 0) is 20.4 Å². The Morgan fingerprint density at radius 2 is 1.44 bits per heavy atom. The van der Waals surface area contributed by atoms with Gasteiger partial charge in [0, 0.05) is 45.1 Å². The molecule has 3 heterocycles. The van der Waals surface area contributed by atoms with Crippen LogP contribution in [0.4, 0.5) is 0 Å². The fourth-order valence-electron chi connectivity index (χ4n) is 6.81. The molecule has 0 saturated carbocycles. The van der Waals surface area contributed by atoms with E-state index in [1.165, 1.54) is 0 Å². The van der Waals surface area contributed by atoms with Gasteiger partial charge in [-0.05, 0) is 74.9 Å². The third-order valence-corrected chi connectivity index (χ3v) is 9.66. The summed E-state index contributed by atoms with van der Waals surface area (Å²) in [6.45, 7) is 13.4. The molecule has 5 rings (SSSR count). The van der Waals surface area contributed by atoms with E-state index < -0.39 is 5.41 Å². The Hall–Kier alpha value is -2.34. The minimum Gasteiger partial charge on any atom is -0.342 e. The highest BCUT2D eigenvalue weighted by Gasteiger charge is 2.47. The molecule has 0 bridgehead atoms. The molecule has 5 nitrogen and oxygen atoms in total. The van der Waals surface area contributed by atoms with Crippen LogP contribution < -0.4 is 0 Å². The second kappa shape index (κ2) is 12.9. The summed E-state index contributed by atoms with van der Waals surface area (Å²) in [6.07, 6.45) is 5.75. The number of carbonyl (C=O) groups is 2. The van der Waals surface area contributed by atoms with E-state index in [1.807, 2.05) is 23.1 Å². The zero-order valence-electron chi connectivity index (χ0n) is 23.1. The smallest absolute Gasteiger partial charge is 0.233 e. The summed E-state index contributed by atoms with van der Waals surface area (Å²) in [5.74, 6) is 0.414. The summed E-state index contributed by atoms with van der Waals surface area (Å²) in [4.78, 5) is 32.9. The van der Waals surface area contributed by atoms with Gasteiger partial charge in [0.2, 0.25) is 11.8 Å². The van der Waals surface area contributed by atoms with E-state index in [2.05, 4.69) is 53.3 Å². The molecule has 3 fully saturated rings. The number of amides is 2. The molecule has 0 N–H and O–H groups in total. The quantitative estimate of drug-likeness (QED) is 0.395. The van der Waals surface area contributed by atoms with E-state index in [9.17, 15) is 9.59 Å². The molecule has 2 aromatic carbocycles. The van der Waals surface area contributed by atoms with Gasteiger partial charge in [-0.3, -0.25) is 9.59 Å². The fraction of sp³-hybridized carbons (Fsp3) is 0.500. The average molecular weight is 571 g/mol. The summed E-state index contributed by atoms with van der Waals surface area (Å²) in [5, 5.41) is 1.10. The van der Waals surface area contributed by atoms with Gasteiger partial charge in [0.25, 0.3) is 0 Å². The lowest BCUT2D eigenvalue weighted by Gasteiger charge is -2.49. The Balaban J connectivity index is 0.00000172. The number of halogens is 2. The molecule has 3 aliphatic heterocycles. The standard InChI is InChI=1S/C30H37Cl2N3O2.C2H4/c1-23(36)35-17-7-12-29(22-35,25-10-11-26(31)27(32)20-25)21-33-18-13-30(14-19-33,24-8-3-2-4-9-24)28(37)34-15-5-6-16-34;1-2/h2-4,8-11,20H,5-7,12-19,21-22H2,1H3;1-2H2. The van der Waals surface area contributed by atoms with Crippen molar-refractivity contribution in [3.63, 3.8) is 0 Å². The van der Waals surface area contributed by atoms with Crippen molar-refractivity contribution >= 4 is 35.0 Å². The SMILES string of the molecule is C=C.CC(=O)N1CCCC(CN2CCC(C(=O)N3CCCC3)(c3ccccc3)CC2)(c2ccc(Cl)c(Cl)c2)C1. The number of likely N-dealkylation sites (tertiary alicyclic amines) is 3. The fourth-order valence-corrected chi connectivity index (χ4v) is 7.11. The summed E-state index contributed by atoms with van der Waals surface area (Å²) in [7, 11) is 0. The highest BCUT2D eigenvalue weighted by atomic mass is 35.5. The summed E-state index contributed by atoms with van der Waals surface area (Å²) >= 11 is 12.7. The maximum Gasteiger partial charge on any atom is 0.233 e. The van der Waals surface area contributed by atoms with Gasteiger partial charge in [-0.15, -0.1) is 13.2 Å². The Morgan fingerprint density at radius 1 is 0.795 bits per heavy atom. The summed E-state index contributed by atoms with van der Waals surface area (Å²) < 4.78 is 0. The molecule has 3 saturated heterocycles. The highest BCUT2D eigenvalue weighted by molar-refractivity contribution is 6.42. The summed E-state index contributed by atoms with van der Waals surface area (Å²) in [6, 6.07) is 16.3. The number of rotatable bonds is 5. The minimum atomic E-state index is -0.461. The van der Waals surface area contributed by atoms with Crippen molar-refractivity contribution < 1.29 is 9.59 Å². The van der Waals surface area contributed by atoms with Crippen molar-refractivity contribution in [2.24, 2.45) is 0 Å². The van der Waals surface area contributed by atoms with Gasteiger partial charge in [-0.1, -0.05) is 59.6 Å². The normalized spacial score (nSPS) is 23.2. The van der Waals surface area contributed by atoms with Gasteiger partial charge in [0.1, 0.15) is 0 Å². The van der Waals surface area contributed by atoms with Crippen LogP contribution in [0.25, 0.3) is 0 Å². The lowest BCUT2D eigenvalue weighted by molar-refractivity contribution is -0.139. The molecule has 3 aliphatic rings. The number of nitrogens with zero attached hydrogens (tertiary/aromatic N) is 3. The van der Waals surface area contributed by atoms with Crippen LogP contribution in [0.2, 0.25) is 10.0 Å². The molecule has 0 radical (unpaired) electrons. The molecule has 7 heteroatoms. The molecule has 0 aromatic heterocycles. The molecule has 210 valence electrons. The van der Waals surface area contributed by atoms with Crippen LogP contribution >= 0.6 is 23.2 Å². The second-order valence-corrected chi connectivity index (χ2v) is 12.0. The van der Waals surface area contributed by atoms with E-state index in [4.69, 9.17) is 23.2 Å². The Labute approximate surface area is 243 Å². The average Bonchev–Trinajstić information content (AvgIpc) is 3.51. The molecular formula is C32H41Cl2N3O2. The first-order valence-corrected chi connectivity index (χ1v) is 14.9. The topological polar surface area (TPSA) is 43.9 Å². The summed E-state index contributed by atoms with van der Waals surface area (Å²) in [5.41, 5.74) is 1.60. The van der Waals surface area contributed by atoms with E-state index in [0.29, 0.717) is 22.5 Å². The van der Waals surface area contributed by atoms with Gasteiger partial charge in [-0.2, -0.15) is 0 Å². The van der Waals surface area contributed by atoms with Crippen LogP contribution in [0.5, 0.6) is 0 Å². The van der Waals surface area contributed by atoms with Crippen LogP contribution in [0.3, 0.4) is 0 Å². The van der Waals surface area contributed by atoms with Crippen LogP contribution in [-0.4, -0.2) is 72.3 Å². The first kappa shape index (κ1) is 29.6. The van der Waals surface area contributed by atoms with Crippen LogP contribution in [0, 0.1) is 0 Å². The molecule has 0 spiro atoms. The Morgan fingerprint density at radius 3 is 2.05 bits per heavy atom. The van der Waals surface area contributed by atoms with E-state index in [1.54, 1.807) is 6.92 Å². The van der Waals surface area contributed by atoms with Crippen molar-refractivity contribution in [2.45, 2.75) is 56.3 Å². The van der Waals surface area contributed by atoms with Gasteiger partial charge in [0.15, 0.2) is 0 Å². The maximum absolute atomic E-state index is 13.9. The molecule has 39 heavy (non-hydrogen) atoms. The molecule has 0 aliphatic carbocycles. The van der Waals surface area contributed by atoms with Gasteiger partial charge < -0.3 is 14.7 Å². The predicted molar refractivity (Wildman–Crippen MR) is 160 cm³/mol. The third-order valence-electron chi connectivity index (χ3n) is 8.92. The lowest BCUT2D eigenvalue weighted by atomic mass is 9.70. The number of carbonyl (C=O) groups excluding carboxylic acids is 2. The minimum absolute atomic E-state index is 0.113. The first-order chi connectivity index (χ1) is 18.8. The Kier molecular flexibility index (Phi) is 9.79. The number of piperidine rings is 2. The van der Waals surface area contributed by atoms with Crippen molar-refractivity contribution in [1.29, 1.82) is 0 Å². The third kappa shape index (κ3) is 6.21. The van der Waals surface area contributed by atoms with Crippen LogP contribution in [0.1, 0.15) is 56.6 Å². The monoisotopic (exact) mass is 569 g/mol. The van der Waals surface area contributed by atoms with Gasteiger partial charge >= 0.3 is 0 Å². The molecular weight excluding hydrogens is 529 g/mol. The zero-order chi connectivity index (χ0) is 28.0. The van der Waals surface area contributed by atoms with Crippen molar-refractivity contribution in [2.75, 3.05) is 45.8 Å². The second-order valence-electron chi connectivity index (χ2n) is 11.2. The van der Waals surface area contributed by atoms with Crippen molar-refractivity contribution in [3.05, 3.63) is 82.9 Å². The highest BCUT2D eigenvalue weighted by Crippen LogP contribution is 2.42. The van der Waals surface area contributed by atoms with Gasteiger partial charge in [0.05, 0.1) is 15.5 Å². The number of benzene rings is 2. The van der Waals surface area contributed by atoms with Crippen LogP contribution in [0.15, 0.2) is 61.7 Å². The maximum atomic E-state index is 13.9. The predicted octanol–water partition coefficient (Wildman–Crippen LogP) is 6.33.